The monoisotopic (exact) mass is 291 g/mol. The van der Waals surface area contributed by atoms with Gasteiger partial charge in [0, 0.05) is 6.07 Å². The Labute approximate surface area is 112 Å². The largest absolute Gasteiger partial charge is 0.350 e. The normalized spacial score (nSPS) is 10.4. The number of benzene rings is 1. The topological polar surface area (TPSA) is 37.8 Å². The van der Waals surface area contributed by atoms with E-state index in [4.69, 9.17) is 34.8 Å². The van der Waals surface area contributed by atoms with Crippen LogP contribution in [0.1, 0.15) is 0 Å². The molecule has 2 rings (SSSR count). The molecule has 3 nitrogen and oxygen atoms in total. The van der Waals surface area contributed by atoms with Crippen molar-refractivity contribution < 1.29 is 4.39 Å². The minimum Gasteiger partial charge on any atom is -0.350 e. The number of anilines is 2. The second-order valence-electron chi connectivity index (χ2n) is 3.10. The molecule has 0 atom stereocenters. The highest BCUT2D eigenvalue weighted by Gasteiger charge is 2.09. The third-order valence-corrected chi connectivity index (χ3v) is 2.70. The molecule has 7 heteroatoms. The van der Waals surface area contributed by atoms with Gasteiger partial charge in [-0.25, -0.2) is 4.39 Å². The number of nitrogens with zero attached hydrogens (tertiary/aromatic N) is 2. The molecule has 1 aromatic heterocycles. The Morgan fingerprint density at radius 3 is 2.59 bits per heavy atom. The fourth-order valence-electron chi connectivity index (χ4n) is 1.19. The summed E-state index contributed by atoms with van der Waals surface area (Å²) in [7, 11) is 0. The maximum absolute atomic E-state index is 13.6. The minimum absolute atomic E-state index is 0.0132. The SMILES string of the molecule is Fc1c(Cl)cccc1Nc1cc(Cl)nnc1Cl. The van der Waals surface area contributed by atoms with Crippen molar-refractivity contribution in [2.45, 2.75) is 0 Å². The smallest absolute Gasteiger partial charge is 0.175 e. The van der Waals surface area contributed by atoms with Gasteiger partial charge in [0.2, 0.25) is 0 Å². The van der Waals surface area contributed by atoms with E-state index in [9.17, 15) is 4.39 Å². The summed E-state index contributed by atoms with van der Waals surface area (Å²) in [5.74, 6) is -0.571. The molecule has 1 N–H and O–H groups in total. The zero-order chi connectivity index (χ0) is 12.4. The fraction of sp³-hybridized carbons (Fsp3) is 0. The highest BCUT2D eigenvalue weighted by Crippen LogP contribution is 2.28. The van der Waals surface area contributed by atoms with Crippen molar-refractivity contribution >= 4 is 46.2 Å². The van der Waals surface area contributed by atoms with E-state index in [1.807, 2.05) is 0 Å². The third kappa shape index (κ3) is 2.77. The van der Waals surface area contributed by atoms with Crippen molar-refractivity contribution in [1.29, 1.82) is 0 Å². The Balaban J connectivity index is 2.38. The summed E-state index contributed by atoms with van der Waals surface area (Å²) in [6.45, 7) is 0. The highest BCUT2D eigenvalue weighted by atomic mass is 35.5. The zero-order valence-corrected chi connectivity index (χ0v) is 10.5. The molecular formula is C10H5Cl3FN3. The van der Waals surface area contributed by atoms with Gasteiger partial charge < -0.3 is 5.32 Å². The Bertz CT molecular complexity index is 562. The van der Waals surface area contributed by atoms with Gasteiger partial charge in [-0.2, -0.15) is 0 Å². The number of halogens is 4. The summed E-state index contributed by atoms with van der Waals surface area (Å²) in [5.41, 5.74) is 0.538. The third-order valence-electron chi connectivity index (χ3n) is 1.94. The number of hydrogen-bond donors (Lipinski definition) is 1. The van der Waals surface area contributed by atoms with Gasteiger partial charge in [-0.1, -0.05) is 40.9 Å². The van der Waals surface area contributed by atoms with Crippen molar-refractivity contribution in [2.24, 2.45) is 0 Å². The van der Waals surface area contributed by atoms with Gasteiger partial charge in [-0.3, -0.25) is 0 Å². The summed E-state index contributed by atoms with van der Waals surface area (Å²) in [6.07, 6.45) is 0. The van der Waals surface area contributed by atoms with Crippen LogP contribution in [0.2, 0.25) is 15.3 Å². The van der Waals surface area contributed by atoms with Crippen molar-refractivity contribution in [1.82, 2.24) is 10.2 Å². The van der Waals surface area contributed by atoms with Gasteiger partial charge in [0.1, 0.15) is 0 Å². The van der Waals surface area contributed by atoms with Crippen LogP contribution in [0.4, 0.5) is 15.8 Å². The molecule has 1 heterocycles. The van der Waals surface area contributed by atoms with Crippen LogP contribution in [-0.4, -0.2) is 10.2 Å². The lowest BCUT2D eigenvalue weighted by atomic mass is 10.3. The Hall–Kier alpha value is -1.10. The lowest BCUT2D eigenvalue weighted by Crippen LogP contribution is -1.97. The van der Waals surface area contributed by atoms with E-state index in [0.717, 1.165) is 0 Å². The first-order valence-electron chi connectivity index (χ1n) is 4.47. The average Bonchev–Trinajstić information content (AvgIpc) is 2.30. The second-order valence-corrected chi connectivity index (χ2v) is 4.25. The van der Waals surface area contributed by atoms with Crippen LogP contribution in [0.15, 0.2) is 24.3 Å². The predicted molar refractivity (Wildman–Crippen MR) is 66.7 cm³/mol. The minimum atomic E-state index is -0.571. The van der Waals surface area contributed by atoms with Gasteiger partial charge in [0.15, 0.2) is 16.1 Å². The van der Waals surface area contributed by atoms with Gasteiger partial charge in [-0.05, 0) is 12.1 Å². The van der Waals surface area contributed by atoms with Crippen LogP contribution in [0.5, 0.6) is 0 Å². The molecule has 0 aliphatic rings. The molecule has 0 saturated heterocycles. The number of aromatic nitrogens is 2. The quantitative estimate of drug-likeness (QED) is 0.895. The van der Waals surface area contributed by atoms with Crippen molar-refractivity contribution in [3.8, 4) is 0 Å². The standard InChI is InChI=1S/C10H5Cl3FN3/c11-5-2-1-3-6(9(5)14)15-7-4-8(12)16-17-10(7)13/h1-4H,(H,15,16). The first kappa shape index (κ1) is 12.4. The molecule has 2 aromatic rings. The maximum atomic E-state index is 13.6. The average molecular weight is 293 g/mol. The molecular weight excluding hydrogens is 287 g/mol. The van der Waals surface area contributed by atoms with Gasteiger partial charge >= 0.3 is 0 Å². The first-order valence-corrected chi connectivity index (χ1v) is 5.61. The van der Waals surface area contributed by atoms with Gasteiger partial charge in [0.05, 0.1) is 16.4 Å². The molecule has 0 aliphatic carbocycles. The molecule has 0 saturated carbocycles. The van der Waals surface area contributed by atoms with Crippen LogP contribution < -0.4 is 5.32 Å². The van der Waals surface area contributed by atoms with Crippen molar-refractivity contribution in [3.63, 3.8) is 0 Å². The predicted octanol–water partition coefficient (Wildman–Crippen LogP) is 4.32. The molecule has 17 heavy (non-hydrogen) atoms. The molecule has 0 bridgehead atoms. The van der Waals surface area contributed by atoms with E-state index in [1.165, 1.54) is 18.2 Å². The van der Waals surface area contributed by atoms with Crippen molar-refractivity contribution in [2.75, 3.05) is 5.32 Å². The van der Waals surface area contributed by atoms with E-state index in [0.29, 0.717) is 5.69 Å². The maximum Gasteiger partial charge on any atom is 0.175 e. The summed E-state index contributed by atoms with van der Waals surface area (Å²) in [4.78, 5) is 0. The summed E-state index contributed by atoms with van der Waals surface area (Å²) >= 11 is 17.1. The van der Waals surface area contributed by atoms with Crippen LogP contribution in [0, 0.1) is 5.82 Å². The molecule has 0 amide bonds. The van der Waals surface area contributed by atoms with E-state index in [2.05, 4.69) is 15.5 Å². The molecule has 0 fully saturated rings. The Morgan fingerprint density at radius 1 is 1.06 bits per heavy atom. The van der Waals surface area contributed by atoms with Gasteiger partial charge in [0.25, 0.3) is 0 Å². The van der Waals surface area contributed by atoms with Crippen LogP contribution in [-0.2, 0) is 0 Å². The first-order chi connectivity index (χ1) is 8.08. The molecule has 88 valence electrons. The van der Waals surface area contributed by atoms with Crippen molar-refractivity contribution in [3.05, 3.63) is 45.4 Å². The number of rotatable bonds is 2. The van der Waals surface area contributed by atoms with E-state index < -0.39 is 5.82 Å². The van der Waals surface area contributed by atoms with Crippen LogP contribution in [0.3, 0.4) is 0 Å². The summed E-state index contributed by atoms with van der Waals surface area (Å²) < 4.78 is 13.6. The van der Waals surface area contributed by atoms with E-state index >= 15 is 0 Å². The number of hydrogen-bond acceptors (Lipinski definition) is 3. The Morgan fingerprint density at radius 2 is 1.82 bits per heavy atom. The summed E-state index contributed by atoms with van der Waals surface area (Å²) in [6, 6.07) is 6.02. The molecule has 0 aliphatic heterocycles. The lowest BCUT2D eigenvalue weighted by molar-refractivity contribution is 0.632. The highest BCUT2D eigenvalue weighted by molar-refractivity contribution is 6.33. The fourth-order valence-corrected chi connectivity index (χ4v) is 1.65. The molecule has 0 unspecified atom stereocenters. The second kappa shape index (κ2) is 5.04. The van der Waals surface area contributed by atoms with Crippen LogP contribution in [0.25, 0.3) is 0 Å². The van der Waals surface area contributed by atoms with E-state index in [-0.39, 0.29) is 21.0 Å². The van der Waals surface area contributed by atoms with Gasteiger partial charge in [-0.15, -0.1) is 10.2 Å². The molecule has 0 spiro atoms. The summed E-state index contributed by atoms with van der Waals surface area (Å²) in [5, 5.41) is 10.1. The zero-order valence-electron chi connectivity index (χ0n) is 8.22. The van der Waals surface area contributed by atoms with Crippen LogP contribution >= 0.6 is 34.8 Å². The Kier molecular flexibility index (Phi) is 3.66. The lowest BCUT2D eigenvalue weighted by Gasteiger charge is -2.09. The molecule has 0 radical (unpaired) electrons. The molecule has 1 aromatic carbocycles. The number of nitrogens with one attached hydrogen (secondary N) is 1. The van der Waals surface area contributed by atoms with E-state index in [1.54, 1.807) is 6.07 Å².